The Kier molecular flexibility index (Phi) is 14.6. The first kappa shape index (κ1) is 39.0. The number of aromatic nitrogens is 2. The van der Waals surface area contributed by atoms with Gasteiger partial charge in [0.15, 0.2) is 0 Å². The number of para-hydroxylation sites is 1. The minimum absolute atomic E-state index is 0. The summed E-state index contributed by atoms with van der Waals surface area (Å²) in [6.45, 7) is 5.91. The molecule has 1 N–H and O–H groups in total. The Hall–Kier alpha value is -4.45. The number of amides is 3. The molecule has 1 aromatic heterocycles. The number of fused-ring (bicyclic) bond motifs is 1. The van der Waals surface area contributed by atoms with Crippen LogP contribution < -0.4 is 19.7 Å². The molecule has 49 heavy (non-hydrogen) atoms. The van der Waals surface area contributed by atoms with E-state index in [4.69, 9.17) is 9.47 Å². The molecule has 11 nitrogen and oxygen atoms in total. The van der Waals surface area contributed by atoms with E-state index in [-0.39, 0.29) is 42.5 Å². The Labute approximate surface area is 299 Å². The van der Waals surface area contributed by atoms with Gasteiger partial charge in [-0.15, -0.1) is 24.8 Å². The van der Waals surface area contributed by atoms with Gasteiger partial charge in [-0.05, 0) is 81.3 Å². The fraction of sp³-hybridized carbons (Fsp3) is 0.361. The number of rotatable bonds is 12. The molecule has 262 valence electrons. The predicted octanol–water partition coefficient (Wildman–Crippen LogP) is 6.03. The summed E-state index contributed by atoms with van der Waals surface area (Å²) in [5, 5.41) is 2.87. The van der Waals surface area contributed by atoms with Crippen molar-refractivity contribution in [3.63, 3.8) is 0 Å². The van der Waals surface area contributed by atoms with Gasteiger partial charge in [0.1, 0.15) is 17.0 Å². The van der Waals surface area contributed by atoms with Crippen LogP contribution in [0.1, 0.15) is 52.0 Å². The van der Waals surface area contributed by atoms with E-state index in [2.05, 4.69) is 27.2 Å². The predicted molar refractivity (Wildman–Crippen MR) is 197 cm³/mol. The molecule has 3 aromatic carbocycles. The number of ether oxygens (including phenoxy) is 2. The van der Waals surface area contributed by atoms with Crippen LogP contribution in [-0.4, -0.2) is 91.5 Å². The molecule has 1 aliphatic heterocycles. The first-order chi connectivity index (χ1) is 22.7. The van der Waals surface area contributed by atoms with Crippen LogP contribution in [0, 0.1) is 6.92 Å². The first-order valence-electron chi connectivity index (χ1n) is 15.9. The van der Waals surface area contributed by atoms with Crippen molar-refractivity contribution in [1.29, 1.82) is 0 Å². The van der Waals surface area contributed by atoms with E-state index in [1.54, 1.807) is 60.7 Å². The number of anilines is 2. The van der Waals surface area contributed by atoms with Crippen molar-refractivity contribution in [2.45, 2.75) is 32.6 Å². The van der Waals surface area contributed by atoms with Gasteiger partial charge in [-0.3, -0.25) is 24.4 Å². The van der Waals surface area contributed by atoms with Gasteiger partial charge in [-0.25, -0.2) is 0 Å². The number of hydrogen-bond acceptors (Lipinski definition) is 8. The number of methoxy groups -OCH3 is 1. The lowest BCUT2D eigenvalue weighted by molar-refractivity contribution is -0.132. The van der Waals surface area contributed by atoms with Crippen molar-refractivity contribution in [2.24, 2.45) is 0 Å². The third-order valence-electron chi connectivity index (χ3n) is 8.37. The number of piperazine rings is 1. The average molecular weight is 712 g/mol. The van der Waals surface area contributed by atoms with Crippen molar-refractivity contribution >= 4 is 64.9 Å². The molecular formula is C36H44Cl2N6O5. The average Bonchev–Trinajstić information content (AvgIpc) is 3.09. The molecule has 4 aromatic rings. The summed E-state index contributed by atoms with van der Waals surface area (Å²) in [6, 6.07) is 15.9. The molecule has 5 rings (SSSR count). The number of nitrogens with one attached hydrogen (secondary N) is 1. The maximum absolute atomic E-state index is 13.7. The van der Waals surface area contributed by atoms with Gasteiger partial charge < -0.3 is 29.5 Å². The quantitative estimate of drug-likeness (QED) is 0.177. The maximum Gasteiger partial charge on any atom is 0.258 e. The molecule has 13 heteroatoms. The number of aryl methyl sites for hydroxylation is 1. The second kappa shape index (κ2) is 18.4. The largest absolute Gasteiger partial charge is 0.495 e. The monoisotopic (exact) mass is 710 g/mol. The van der Waals surface area contributed by atoms with Crippen molar-refractivity contribution in [2.75, 3.05) is 64.2 Å². The Balaban J connectivity index is 0.00000325. The molecule has 1 saturated heterocycles. The zero-order chi connectivity index (χ0) is 33.3. The van der Waals surface area contributed by atoms with Crippen LogP contribution in [0.2, 0.25) is 0 Å². The number of benzene rings is 3. The second-order valence-electron chi connectivity index (χ2n) is 11.8. The molecule has 1 aliphatic rings. The second-order valence-corrected chi connectivity index (χ2v) is 11.8. The molecule has 2 heterocycles. The summed E-state index contributed by atoms with van der Waals surface area (Å²) in [7, 11) is 5.27. The first-order valence-corrected chi connectivity index (χ1v) is 15.9. The third kappa shape index (κ3) is 9.81. The van der Waals surface area contributed by atoms with Crippen molar-refractivity contribution in [1.82, 2.24) is 19.8 Å². The number of unbranched alkanes of at least 4 members (excludes halogenated alkanes) is 2. The van der Waals surface area contributed by atoms with Gasteiger partial charge in [0.25, 0.3) is 11.8 Å². The van der Waals surface area contributed by atoms with Crippen LogP contribution in [0.4, 0.5) is 11.4 Å². The molecule has 3 amide bonds. The highest BCUT2D eigenvalue weighted by molar-refractivity contribution is 6.12. The standard InChI is InChI=1S/C36H42N6O5.2ClH/c1-25-12-15-30(32(23-25)47-22-7-5-6-11-33(43)42-20-18-40(2)19-21-42)41(3)36(45)26-13-14-28(31(24-26)46-4)39-35(44)27-9-8-10-29-34(27)38-17-16-37-29;;/h8-10,12-17,23-24H,5-7,11,18-22H2,1-4H3,(H,39,44);2*1H. The highest BCUT2D eigenvalue weighted by Crippen LogP contribution is 2.32. The fourth-order valence-electron chi connectivity index (χ4n) is 5.56. The molecule has 0 bridgehead atoms. The number of hydrogen-bond donors (Lipinski definition) is 1. The van der Waals surface area contributed by atoms with Gasteiger partial charge >= 0.3 is 0 Å². The van der Waals surface area contributed by atoms with E-state index < -0.39 is 0 Å². The number of carbonyl (C=O) groups excluding carboxylic acids is 3. The molecule has 0 atom stereocenters. The number of nitrogens with zero attached hydrogens (tertiary/aromatic N) is 5. The number of halogens is 2. The molecule has 0 spiro atoms. The van der Waals surface area contributed by atoms with E-state index in [1.807, 2.05) is 30.0 Å². The summed E-state index contributed by atoms with van der Waals surface area (Å²) in [5.74, 6) is 0.556. The van der Waals surface area contributed by atoms with Gasteiger partial charge in [-0.2, -0.15) is 0 Å². The topological polar surface area (TPSA) is 117 Å². The van der Waals surface area contributed by atoms with E-state index in [0.717, 1.165) is 51.0 Å². The van der Waals surface area contributed by atoms with Crippen LogP contribution in [0.3, 0.4) is 0 Å². The highest BCUT2D eigenvalue weighted by Gasteiger charge is 2.21. The van der Waals surface area contributed by atoms with E-state index >= 15 is 0 Å². The lowest BCUT2D eigenvalue weighted by Crippen LogP contribution is -2.47. The lowest BCUT2D eigenvalue weighted by atomic mass is 10.1. The molecule has 0 aliphatic carbocycles. The van der Waals surface area contributed by atoms with Crippen LogP contribution in [-0.2, 0) is 4.79 Å². The zero-order valence-electron chi connectivity index (χ0n) is 28.3. The maximum atomic E-state index is 13.7. The third-order valence-corrected chi connectivity index (χ3v) is 8.37. The zero-order valence-corrected chi connectivity index (χ0v) is 29.9. The van der Waals surface area contributed by atoms with Crippen LogP contribution >= 0.6 is 24.8 Å². The smallest absolute Gasteiger partial charge is 0.258 e. The van der Waals surface area contributed by atoms with E-state index in [0.29, 0.717) is 58.1 Å². The van der Waals surface area contributed by atoms with Crippen LogP contribution in [0.5, 0.6) is 11.5 Å². The lowest BCUT2D eigenvalue weighted by Gasteiger charge is -2.32. The van der Waals surface area contributed by atoms with E-state index in [1.165, 1.54) is 7.11 Å². The molecule has 1 fully saturated rings. The van der Waals surface area contributed by atoms with Gasteiger partial charge in [-0.1, -0.05) is 12.1 Å². The summed E-state index contributed by atoms with van der Waals surface area (Å²) in [5.41, 5.74) is 3.94. The molecule has 0 unspecified atom stereocenters. The summed E-state index contributed by atoms with van der Waals surface area (Å²) < 4.78 is 11.7. The van der Waals surface area contributed by atoms with Crippen molar-refractivity contribution in [3.8, 4) is 11.5 Å². The Morgan fingerprint density at radius 1 is 0.898 bits per heavy atom. The van der Waals surface area contributed by atoms with Crippen molar-refractivity contribution in [3.05, 3.63) is 83.7 Å². The normalized spacial score (nSPS) is 12.8. The van der Waals surface area contributed by atoms with E-state index in [9.17, 15) is 14.4 Å². The van der Waals surface area contributed by atoms with Crippen LogP contribution in [0.25, 0.3) is 11.0 Å². The Morgan fingerprint density at radius 3 is 2.41 bits per heavy atom. The minimum atomic E-state index is -0.367. The van der Waals surface area contributed by atoms with Gasteiger partial charge in [0, 0.05) is 57.6 Å². The fourth-order valence-corrected chi connectivity index (χ4v) is 5.56. The number of carbonyl (C=O) groups is 3. The van der Waals surface area contributed by atoms with Crippen molar-refractivity contribution < 1.29 is 23.9 Å². The SMILES string of the molecule is COc1cc(C(=O)N(C)c2ccc(C)cc2OCCCCCC(=O)N2CCN(C)CC2)ccc1NC(=O)c1cccc2nccnc12.Cl.Cl. The summed E-state index contributed by atoms with van der Waals surface area (Å²) in [6.07, 6.45) is 6.18. The van der Waals surface area contributed by atoms with Crippen LogP contribution in [0.15, 0.2) is 67.0 Å². The summed E-state index contributed by atoms with van der Waals surface area (Å²) >= 11 is 0. The summed E-state index contributed by atoms with van der Waals surface area (Å²) in [4.78, 5) is 53.7. The molecule has 0 radical (unpaired) electrons. The highest BCUT2D eigenvalue weighted by atomic mass is 35.5. The minimum Gasteiger partial charge on any atom is -0.495 e. The Morgan fingerprint density at radius 2 is 1.65 bits per heavy atom. The van der Waals surface area contributed by atoms with Gasteiger partial charge in [0.2, 0.25) is 5.91 Å². The number of likely N-dealkylation sites (N-methyl/N-ethyl adjacent to an activating group) is 1. The Bertz CT molecular complexity index is 1740. The van der Waals surface area contributed by atoms with Gasteiger partial charge in [0.05, 0.1) is 36.2 Å². The molecular weight excluding hydrogens is 667 g/mol. The molecule has 0 saturated carbocycles.